The molecule has 194 valence electrons. The van der Waals surface area contributed by atoms with Crippen molar-refractivity contribution in [2.45, 2.75) is 31.5 Å². The normalized spacial score (nSPS) is 18.8. The first kappa shape index (κ1) is 24.2. The van der Waals surface area contributed by atoms with Gasteiger partial charge in [0.2, 0.25) is 0 Å². The van der Waals surface area contributed by atoms with Crippen LogP contribution in [0.25, 0.3) is 16.8 Å². The number of carbonyl (C=O) groups excluding carboxylic acids is 2. The lowest BCUT2D eigenvalue weighted by Gasteiger charge is -2.33. The van der Waals surface area contributed by atoms with Gasteiger partial charge in [0.25, 0.3) is 5.91 Å². The molecule has 0 spiro atoms. The fourth-order valence-electron chi connectivity index (χ4n) is 4.92. The topological polar surface area (TPSA) is 85.2 Å². The molecule has 0 radical (unpaired) electrons. The van der Waals surface area contributed by atoms with Gasteiger partial charge in [0, 0.05) is 42.7 Å². The Balaban J connectivity index is 1.30. The smallest absolute Gasteiger partial charge is 0.410 e. The lowest BCUT2D eigenvalue weighted by Crippen LogP contribution is -2.44. The zero-order chi connectivity index (χ0) is 26.2. The van der Waals surface area contributed by atoms with Gasteiger partial charge >= 0.3 is 6.09 Å². The van der Waals surface area contributed by atoms with Crippen LogP contribution < -0.4 is 10.1 Å². The molecule has 6 rings (SSSR count). The van der Waals surface area contributed by atoms with Crippen LogP contribution in [0.1, 0.15) is 28.8 Å². The second-order valence-electron chi connectivity index (χ2n) is 9.43. The number of hydrogen-bond donors (Lipinski definition) is 1. The van der Waals surface area contributed by atoms with Crippen molar-refractivity contribution in [1.82, 2.24) is 19.8 Å². The molecular weight excluding hydrogens is 511 g/mol. The lowest BCUT2D eigenvalue weighted by molar-refractivity contribution is 0.0915. The Morgan fingerprint density at radius 3 is 2.84 bits per heavy atom. The number of cyclic esters (lactones) is 1. The molecule has 4 heterocycles. The number of nitrogens with one attached hydrogen (secondary N) is 1. The Labute approximate surface area is 222 Å². The maximum Gasteiger partial charge on any atom is 0.410 e. The van der Waals surface area contributed by atoms with Crippen molar-refractivity contribution in [3.05, 3.63) is 88.8 Å². The zero-order valence-corrected chi connectivity index (χ0v) is 21.0. The maximum atomic E-state index is 15.4. The number of rotatable bonds is 6. The summed E-state index contributed by atoms with van der Waals surface area (Å²) in [6, 6.07) is 17.2. The molecule has 2 atom stereocenters. The summed E-state index contributed by atoms with van der Waals surface area (Å²) < 4.78 is 28.6. The minimum Gasteiger partial charge on any atom is -0.490 e. The van der Waals surface area contributed by atoms with E-state index in [9.17, 15) is 9.59 Å². The van der Waals surface area contributed by atoms with Crippen molar-refractivity contribution in [3.63, 3.8) is 0 Å². The van der Waals surface area contributed by atoms with Crippen molar-refractivity contribution >= 4 is 29.1 Å². The van der Waals surface area contributed by atoms with Gasteiger partial charge in [0.1, 0.15) is 24.3 Å². The molecule has 0 bridgehead atoms. The van der Waals surface area contributed by atoms with E-state index >= 15 is 4.39 Å². The van der Waals surface area contributed by atoms with Crippen LogP contribution in [0, 0.1) is 5.82 Å². The predicted molar refractivity (Wildman–Crippen MR) is 139 cm³/mol. The number of amides is 2. The highest BCUT2D eigenvalue weighted by atomic mass is 35.5. The number of carbonyl (C=O) groups is 2. The molecule has 0 aliphatic carbocycles. The molecule has 2 aromatic heterocycles. The number of ether oxygens (including phenoxy) is 2. The molecule has 4 aromatic rings. The zero-order valence-electron chi connectivity index (χ0n) is 20.3. The minimum absolute atomic E-state index is 0.0671. The molecule has 10 heteroatoms. The number of benzene rings is 2. The van der Waals surface area contributed by atoms with Gasteiger partial charge in [0.05, 0.1) is 22.8 Å². The fourth-order valence-corrected chi connectivity index (χ4v) is 5.05. The number of halogens is 2. The fraction of sp³-hybridized carbons (Fsp3) is 0.250. The summed E-state index contributed by atoms with van der Waals surface area (Å²) in [7, 11) is 0. The molecule has 2 saturated heterocycles. The van der Waals surface area contributed by atoms with Crippen LogP contribution in [0.3, 0.4) is 0 Å². The number of hydrogen-bond acceptors (Lipinski definition) is 5. The van der Waals surface area contributed by atoms with E-state index in [4.69, 9.17) is 21.1 Å². The summed E-state index contributed by atoms with van der Waals surface area (Å²) in [6.07, 6.45) is 2.43. The molecule has 38 heavy (non-hydrogen) atoms. The summed E-state index contributed by atoms with van der Waals surface area (Å²) in [5.41, 5.74) is 2.52. The molecule has 2 fully saturated rings. The van der Waals surface area contributed by atoms with Crippen LogP contribution in [0.4, 0.5) is 9.18 Å². The molecule has 8 nitrogen and oxygen atoms in total. The number of nitrogens with zero attached hydrogens (tertiary/aromatic N) is 3. The van der Waals surface area contributed by atoms with Gasteiger partial charge in [-0.05, 0) is 48.0 Å². The molecule has 1 N–H and O–H groups in total. The van der Waals surface area contributed by atoms with Crippen molar-refractivity contribution in [2.75, 3.05) is 13.2 Å². The van der Waals surface area contributed by atoms with E-state index in [1.807, 2.05) is 24.3 Å². The predicted octanol–water partition coefficient (Wildman–Crippen LogP) is 5.09. The van der Waals surface area contributed by atoms with Gasteiger partial charge in [-0.15, -0.1) is 0 Å². The monoisotopic (exact) mass is 534 g/mol. The van der Waals surface area contributed by atoms with Crippen LogP contribution in [0.5, 0.6) is 5.75 Å². The molecule has 2 amide bonds. The summed E-state index contributed by atoms with van der Waals surface area (Å²) in [5, 5.41) is 7.94. The largest absolute Gasteiger partial charge is 0.490 e. The third-order valence-electron chi connectivity index (χ3n) is 6.92. The summed E-state index contributed by atoms with van der Waals surface area (Å²) in [6.45, 7) is 1.04. The number of pyridine rings is 1. The second kappa shape index (κ2) is 9.98. The molecule has 2 aliphatic heterocycles. The van der Waals surface area contributed by atoms with E-state index in [-0.39, 0.29) is 30.3 Å². The third-order valence-corrected chi connectivity index (χ3v) is 7.17. The first-order chi connectivity index (χ1) is 18.4. The van der Waals surface area contributed by atoms with Crippen molar-refractivity contribution < 1.29 is 23.5 Å². The average Bonchev–Trinajstić information content (AvgIpc) is 3.52. The van der Waals surface area contributed by atoms with E-state index < -0.39 is 11.7 Å². The van der Waals surface area contributed by atoms with Gasteiger partial charge in [-0.2, -0.15) is 5.10 Å². The standard InChI is InChI=1S/C28H24ClFN4O4/c29-18-6-4-17(5-7-18)15-31-27(35)22-14-26(38-21-8-10-33-20(11-21)16-37-28(33)36)23(13-24(22)30)25-12-19-3-1-2-9-34(19)32-25/h1-7,9,12-14,20-21H,8,10-11,15-16H2,(H,31,35)/t20-,21-/m0/s1. The van der Waals surface area contributed by atoms with Gasteiger partial charge in [-0.3, -0.25) is 4.79 Å². The Bertz CT molecular complexity index is 1490. The van der Waals surface area contributed by atoms with Crippen LogP contribution in [0.2, 0.25) is 5.02 Å². The quantitative estimate of drug-likeness (QED) is 0.373. The Kier molecular flexibility index (Phi) is 6.37. The van der Waals surface area contributed by atoms with E-state index in [2.05, 4.69) is 10.4 Å². The van der Waals surface area contributed by atoms with Gasteiger partial charge in [0.15, 0.2) is 0 Å². The summed E-state index contributed by atoms with van der Waals surface area (Å²) in [5.74, 6) is -0.883. The van der Waals surface area contributed by atoms with Crippen LogP contribution in [-0.2, 0) is 11.3 Å². The first-order valence-electron chi connectivity index (χ1n) is 12.4. The van der Waals surface area contributed by atoms with Gasteiger partial charge in [-0.25, -0.2) is 13.7 Å². The Morgan fingerprint density at radius 1 is 1.18 bits per heavy atom. The average molecular weight is 535 g/mol. The SMILES string of the molecule is O=C(NCc1ccc(Cl)cc1)c1cc(O[C@H]2CCN3C(=O)OC[C@@H]3C2)c(-c2cc3ccccn3n2)cc1F. The van der Waals surface area contributed by atoms with Crippen molar-refractivity contribution in [1.29, 1.82) is 0 Å². The summed E-state index contributed by atoms with van der Waals surface area (Å²) >= 11 is 5.93. The Hall–Kier alpha value is -4.11. The maximum absolute atomic E-state index is 15.4. The van der Waals surface area contributed by atoms with E-state index in [1.165, 1.54) is 12.1 Å². The van der Waals surface area contributed by atoms with Crippen molar-refractivity contribution in [2.24, 2.45) is 0 Å². The van der Waals surface area contributed by atoms with Gasteiger partial charge < -0.3 is 19.7 Å². The highest BCUT2D eigenvalue weighted by molar-refractivity contribution is 6.30. The van der Waals surface area contributed by atoms with E-state index in [0.29, 0.717) is 48.0 Å². The number of fused-ring (bicyclic) bond motifs is 2. The molecule has 0 saturated carbocycles. The number of aromatic nitrogens is 2. The lowest BCUT2D eigenvalue weighted by atomic mass is 10.0. The van der Waals surface area contributed by atoms with Crippen LogP contribution in [0.15, 0.2) is 66.9 Å². The third kappa shape index (κ3) is 4.77. The second-order valence-corrected chi connectivity index (χ2v) is 9.86. The summed E-state index contributed by atoms with van der Waals surface area (Å²) in [4.78, 5) is 26.6. The highest BCUT2D eigenvalue weighted by Crippen LogP contribution is 2.35. The molecule has 0 unspecified atom stereocenters. The van der Waals surface area contributed by atoms with Gasteiger partial charge in [-0.1, -0.05) is 29.8 Å². The number of piperidine rings is 1. The van der Waals surface area contributed by atoms with Crippen LogP contribution in [-0.4, -0.2) is 51.8 Å². The van der Waals surface area contributed by atoms with E-state index in [0.717, 1.165) is 11.1 Å². The molecule has 2 aromatic carbocycles. The minimum atomic E-state index is -0.678. The van der Waals surface area contributed by atoms with E-state index in [1.54, 1.807) is 39.9 Å². The molecule has 2 aliphatic rings. The van der Waals surface area contributed by atoms with Crippen LogP contribution >= 0.6 is 11.6 Å². The van der Waals surface area contributed by atoms with Crippen molar-refractivity contribution in [3.8, 4) is 17.0 Å². The Morgan fingerprint density at radius 2 is 2.03 bits per heavy atom. The molecular formula is C28H24ClFN4O4. The highest BCUT2D eigenvalue weighted by Gasteiger charge is 2.39. The first-order valence-corrected chi connectivity index (χ1v) is 12.7.